The standard InChI is InChI=1S/C28H24N2O3S/c31-28(17-15-21-14-16-22-7-1-2-9-24(22)19-21)29-25-11-5-12-26(20-25)34(32,33)30-18-6-10-23-8-3-4-13-27(23)30/h1-5,7-9,11-17,19-20H,6,10,18H2,(H,29,31)/b17-15+. The number of carbonyl (C=O) groups is 1. The Morgan fingerprint density at radius 2 is 1.65 bits per heavy atom. The van der Waals surface area contributed by atoms with Crippen LogP contribution >= 0.6 is 0 Å². The van der Waals surface area contributed by atoms with Crippen LogP contribution in [-0.4, -0.2) is 20.9 Å². The first-order valence-corrected chi connectivity index (χ1v) is 12.6. The van der Waals surface area contributed by atoms with Gasteiger partial charge in [0.05, 0.1) is 10.6 Å². The molecule has 0 fully saturated rings. The number of nitrogens with one attached hydrogen (secondary N) is 1. The first kappa shape index (κ1) is 21.9. The minimum Gasteiger partial charge on any atom is -0.322 e. The average molecular weight is 469 g/mol. The Labute approximate surface area is 199 Å². The molecule has 5 nitrogen and oxygen atoms in total. The lowest BCUT2D eigenvalue weighted by Crippen LogP contribution is -2.35. The molecule has 0 radical (unpaired) electrons. The smallest absolute Gasteiger partial charge is 0.264 e. The van der Waals surface area contributed by atoms with Gasteiger partial charge in [-0.05, 0) is 71.1 Å². The monoisotopic (exact) mass is 468 g/mol. The number of para-hydroxylation sites is 1. The highest BCUT2D eigenvalue weighted by molar-refractivity contribution is 7.92. The lowest BCUT2D eigenvalue weighted by Gasteiger charge is -2.30. The number of aryl methyl sites for hydroxylation is 1. The van der Waals surface area contributed by atoms with Crippen molar-refractivity contribution < 1.29 is 13.2 Å². The van der Waals surface area contributed by atoms with Gasteiger partial charge in [0.25, 0.3) is 10.0 Å². The van der Waals surface area contributed by atoms with Crippen molar-refractivity contribution in [3.63, 3.8) is 0 Å². The van der Waals surface area contributed by atoms with Crippen LogP contribution in [0.2, 0.25) is 0 Å². The zero-order chi connectivity index (χ0) is 23.5. The summed E-state index contributed by atoms with van der Waals surface area (Å²) in [6.45, 7) is 0.435. The second-order valence-corrected chi connectivity index (χ2v) is 10.1. The maximum Gasteiger partial charge on any atom is 0.264 e. The van der Waals surface area contributed by atoms with Crippen molar-refractivity contribution in [2.45, 2.75) is 17.7 Å². The van der Waals surface area contributed by atoms with E-state index in [0.29, 0.717) is 12.2 Å². The number of nitrogens with zero attached hydrogens (tertiary/aromatic N) is 1. The third-order valence-corrected chi connectivity index (χ3v) is 7.77. The molecule has 4 aromatic carbocycles. The van der Waals surface area contributed by atoms with Gasteiger partial charge in [-0.1, -0.05) is 60.7 Å². The first-order chi connectivity index (χ1) is 16.5. The van der Waals surface area contributed by atoms with Crippen LogP contribution in [0.25, 0.3) is 16.8 Å². The molecule has 0 aromatic heterocycles. The molecule has 0 saturated carbocycles. The summed E-state index contributed by atoms with van der Waals surface area (Å²) in [5, 5.41) is 5.01. The fourth-order valence-corrected chi connectivity index (χ4v) is 5.87. The molecule has 1 amide bonds. The third-order valence-electron chi connectivity index (χ3n) is 5.96. The number of hydrogen-bond donors (Lipinski definition) is 1. The number of carbonyl (C=O) groups excluding carboxylic acids is 1. The van der Waals surface area contributed by atoms with E-state index < -0.39 is 10.0 Å². The molecule has 170 valence electrons. The number of fused-ring (bicyclic) bond motifs is 2. The molecule has 1 aliphatic heterocycles. The van der Waals surface area contributed by atoms with E-state index in [1.807, 2.05) is 66.7 Å². The van der Waals surface area contributed by atoms with Crippen molar-refractivity contribution in [1.82, 2.24) is 0 Å². The molecule has 4 aromatic rings. The topological polar surface area (TPSA) is 66.5 Å². The minimum absolute atomic E-state index is 0.153. The van der Waals surface area contributed by atoms with Crippen LogP contribution in [0.5, 0.6) is 0 Å². The molecular weight excluding hydrogens is 444 g/mol. The summed E-state index contributed by atoms with van der Waals surface area (Å²) in [5.74, 6) is -0.328. The van der Waals surface area contributed by atoms with Gasteiger partial charge >= 0.3 is 0 Å². The highest BCUT2D eigenvalue weighted by Gasteiger charge is 2.29. The zero-order valence-electron chi connectivity index (χ0n) is 18.5. The Kier molecular flexibility index (Phi) is 5.90. The quantitative estimate of drug-likeness (QED) is 0.386. The summed E-state index contributed by atoms with van der Waals surface area (Å²) in [6.07, 6.45) is 4.83. The predicted molar refractivity (Wildman–Crippen MR) is 137 cm³/mol. The van der Waals surface area contributed by atoms with Crippen LogP contribution in [0.3, 0.4) is 0 Å². The molecule has 1 aliphatic rings. The predicted octanol–water partition coefficient (Wildman–Crippen LogP) is 5.63. The Morgan fingerprint density at radius 3 is 2.53 bits per heavy atom. The van der Waals surface area contributed by atoms with E-state index in [4.69, 9.17) is 0 Å². The zero-order valence-corrected chi connectivity index (χ0v) is 19.3. The van der Waals surface area contributed by atoms with Crippen LogP contribution in [0, 0.1) is 0 Å². The number of amides is 1. The van der Waals surface area contributed by atoms with Crippen LogP contribution < -0.4 is 9.62 Å². The van der Waals surface area contributed by atoms with Crippen molar-refractivity contribution in [2.24, 2.45) is 0 Å². The molecule has 0 atom stereocenters. The van der Waals surface area contributed by atoms with E-state index in [1.165, 1.54) is 16.4 Å². The van der Waals surface area contributed by atoms with Gasteiger partial charge in [-0.25, -0.2) is 8.42 Å². The van der Waals surface area contributed by atoms with Crippen molar-refractivity contribution in [3.8, 4) is 0 Å². The van der Waals surface area contributed by atoms with Gasteiger partial charge in [0, 0.05) is 18.3 Å². The van der Waals surface area contributed by atoms with Gasteiger partial charge in [0.2, 0.25) is 5.91 Å². The fraction of sp³-hybridized carbons (Fsp3) is 0.107. The summed E-state index contributed by atoms with van der Waals surface area (Å²) < 4.78 is 28.3. The molecule has 34 heavy (non-hydrogen) atoms. The molecule has 5 rings (SSSR count). The van der Waals surface area contributed by atoms with Crippen LogP contribution in [0.1, 0.15) is 17.5 Å². The Bertz CT molecular complexity index is 1510. The normalized spacial score (nSPS) is 13.7. The summed E-state index contributed by atoms with van der Waals surface area (Å²) >= 11 is 0. The van der Waals surface area contributed by atoms with Crippen LogP contribution in [0.15, 0.2) is 102 Å². The third kappa shape index (κ3) is 4.45. The van der Waals surface area contributed by atoms with Crippen molar-refractivity contribution >= 4 is 44.2 Å². The summed E-state index contributed by atoms with van der Waals surface area (Å²) in [4.78, 5) is 12.7. The van der Waals surface area contributed by atoms with Gasteiger partial charge in [-0.3, -0.25) is 9.10 Å². The van der Waals surface area contributed by atoms with Gasteiger partial charge in [-0.2, -0.15) is 0 Å². The van der Waals surface area contributed by atoms with Crippen LogP contribution in [0.4, 0.5) is 11.4 Å². The molecule has 0 spiro atoms. The molecule has 1 N–H and O–H groups in total. The largest absolute Gasteiger partial charge is 0.322 e. The van der Waals surface area contributed by atoms with Crippen molar-refractivity contribution in [3.05, 3.63) is 108 Å². The average Bonchev–Trinajstić information content (AvgIpc) is 2.87. The Balaban J connectivity index is 1.34. The highest BCUT2D eigenvalue weighted by atomic mass is 32.2. The lowest BCUT2D eigenvalue weighted by atomic mass is 10.0. The molecule has 0 saturated heterocycles. The fourth-order valence-electron chi connectivity index (χ4n) is 4.28. The number of benzene rings is 4. The van der Waals surface area contributed by atoms with E-state index in [0.717, 1.165) is 40.4 Å². The number of rotatable bonds is 5. The number of anilines is 2. The number of hydrogen-bond acceptors (Lipinski definition) is 3. The van der Waals surface area contributed by atoms with E-state index >= 15 is 0 Å². The summed E-state index contributed by atoms with van der Waals surface area (Å²) in [5.41, 5.74) is 3.09. The Morgan fingerprint density at radius 1 is 0.853 bits per heavy atom. The van der Waals surface area contributed by atoms with E-state index in [-0.39, 0.29) is 10.8 Å². The lowest BCUT2D eigenvalue weighted by molar-refractivity contribution is -0.111. The second kappa shape index (κ2) is 9.15. The second-order valence-electron chi connectivity index (χ2n) is 8.27. The highest BCUT2D eigenvalue weighted by Crippen LogP contribution is 2.32. The van der Waals surface area contributed by atoms with Crippen molar-refractivity contribution in [1.29, 1.82) is 0 Å². The first-order valence-electron chi connectivity index (χ1n) is 11.2. The number of sulfonamides is 1. The van der Waals surface area contributed by atoms with E-state index in [1.54, 1.807) is 24.3 Å². The van der Waals surface area contributed by atoms with Crippen LogP contribution in [-0.2, 0) is 21.2 Å². The van der Waals surface area contributed by atoms with E-state index in [9.17, 15) is 13.2 Å². The molecule has 6 heteroatoms. The molecule has 0 bridgehead atoms. The van der Waals surface area contributed by atoms with E-state index in [2.05, 4.69) is 5.32 Å². The molecule has 1 heterocycles. The maximum atomic E-state index is 13.4. The van der Waals surface area contributed by atoms with Crippen molar-refractivity contribution in [2.75, 3.05) is 16.2 Å². The van der Waals surface area contributed by atoms with Gasteiger partial charge in [0.1, 0.15) is 0 Å². The SMILES string of the molecule is O=C(/C=C/c1ccc2ccccc2c1)Nc1cccc(S(=O)(=O)N2CCCc3ccccc32)c1. The Hall–Kier alpha value is -3.90. The molecular formula is C28H24N2O3S. The van der Waals surface area contributed by atoms with Gasteiger partial charge in [-0.15, -0.1) is 0 Å². The van der Waals surface area contributed by atoms with Gasteiger partial charge < -0.3 is 5.32 Å². The summed E-state index contributed by atoms with van der Waals surface area (Å²) in [7, 11) is -3.75. The minimum atomic E-state index is -3.75. The maximum absolute atomic E-state index is 13.4. The van der Waals surface area contributed by atoms with Gasteiger partial charge in [0.15, 0.2) is 0 Å². The molecule has 0 unspecified atom stereocenters. The summed E-state index contributed by atoms with van der Waals surface area (Å²) in [6, 6.07) is 28.0. The molecule has 0 aliphatic carbocycles.